The molecule has 1 aromatic rings. The highest BCUT2D eigenvalue weighted by Gasteiger charge is 2.36. The highest BCUT2D eigenvalue weighted by atomic mass is 32.2. The van der Waals surface area contributed by atoms with E-state index in [4.69, 9.17) is 0 Å². The van der Waals surface area contributed by atoms with Crippen LogP contribution in [0, 0.1) is 12.8 Å². The van der Waals surface area contributed by atoms with Crippen molar-refractivity contribution in [2.45, 2.75) is 24.9 Å². The third kappa shape index (κ3) is 2.61. The Kier molecular flexibility index (Phi) is 3.83. The second kappa shape index (κ2) is 5.60. The first kappa shape index (κ1) is 13.7. The lowest BCUT2D eigenvalue weighted by molar-refractivity contribution is -0.135. The van der Waals surface area contributed by atoms with Gasteiger partial charge in [0, 0.05) is 37.9 Å². The van der Waals surface area contributed by atoms with Gasteiger partial charge in [0.1, 0.15) is 5.82 Å². The number of rotatable bonds is 3. The summed E-state index contributed by atoms with van der Waals surface area (Å²) in [4.78, 5) is 25.3. The van der Waals surface area contributed by atoms with E-state index >= 15 is 0 Å². The molecular formula is C14H20N4OS. The fourth-order valence-corrected chi connectivity index (χ4v) is 3.22. The average Bonchev–Trinajstić information content (AvgIpc) is 2.90. The van der Waals surface area contributed by atoms with Gasteiger partial charge in [-0.3, -0.25) is 4.79 Å². The third-order valence-electron chi connectivity index (χ3n) is 3.98. The number of anilines is 1. The van der Waals surface area contributed by atoms with Crippen molar-refractivity contribution in [3.05, 3.63) is 11.8 Å². The summed E-state index contributed by atoms with van der Waals surface area (Å²) in [5.74, 6) is 1.43. The Hall–Kier alpha value is -1.30. The second-order valence-electron chi connectivity index (χ2n) is 5.49. The van der Waals surface area contributed by atoms with Gasteiger partial charge in [-0.25, -0.2) is 9.97 Å². The van der Waals surface area contributed by atoms with E-state index in [1.165, 1.54) is 0 Å². The summed E-state index contributed by atoms with van der Waals surface area (Å²) < 4.78 is 0. The molecule has 2 saturated heterocycles. The predicted octanol–water partition coefficient (Wildman–Crippen LogP) is 1.57. The van der Waals surface area contributed by atoms with Crippen LogP contribution in [-0.2, 0) is 4.79 Å². The SMILES string of the molecule is CSc1nc(C)cc(N2CC(C(=O)N3CCCC3)C2)n1. The van der Waals surface area contributed by atoms with Gasteiger partial charge in [-0.1, -0.05) is 11.8 Å². The van der Waals surface area contributed by atoms with Crippen LogP contribution in [0.15, 0.2) is 11.2 Å². The summed E-state index contributed by atoms with van der Waals surface area (Å²) in [6.07, 6.45) is 4.29. The van der Waals surface area contributed by atoms with E-state index in [0.717, 1.165) is 55.7 Å². The molecule has 0 unspecified atom stereocenters. The summed E-state index contributed by atoms with van der Waals surface area (Å²) in [5, 5.41) is 0.800. The lowest BCUT2D eigenvalue weighted by Gasteiger charge is -2.40. The van der Waals surface area contributed by atoms with Crippen molar-refractivity contribution in [2.75, 3.05) is 37.3 Å². The Labute approximate surface area is 123 Å². The minimum Gasteiger partial charge on any atom is -0.355 e. The fraction of sp³-hybridized carbons (Fsp3) is 0.643. The van der Waals surface area contributed by atoms with Crippen LogP contribution in [-0.4, -0.2) is 53.2 Å². The van der Waals surface area contributed by atoms with Gasteiger partial charge < -0.3 is 9.80 Å². The maximum absolute atomic E-state index is 12.3. The van der Waals surface area contributed by atoms with Crippen LogP contribution in [0.5, 0.6) is 0 Å². The number of nitrogens with zero attached hydrogens (tertiary/aromatic N) is 4. The summed E-state index contributed by atoms with van der Waals surface area (Å²) in [6, 6.07) is 2.00. The van der Waals surface area contributed by atoms with Crippen molar-refractivity contribution in [3.63, 3.8) is 0 Å². The number of carbonyl (C=O) groups is 1. The maximum atomic E-state index is 12.3. The summed E-state index contributed by atoms with van der Waals surface area (Å²) >= 11 is 1.55. The molecule has 0 aliphatic carbocycles. The first-order valence-electron chi connectivity index (χ1n) is 7.11. The molecule has 1 aromatic heterocycles. The molecule has 0 radical (unpaired) electrons. The zero-order valence-electron chi connectivity index (χ0n) is 12.0. The average molecular weight is 292 g/mol. The van der Waals surface area contributed by atoms with Gasteiger partial charge in [-0.2, -0.15) is 0 Å². The van der Waals surface area contributed by atoms with E-state index in [0.29, 0.717) is 5.91 Å². The van der Waals surface area contributed by atoms with Gasteiger partial charge in [0.15, 0.2) is 5.16 Å². The highest BCUT2D eigenvalue weighted by Crippen LogP contribution is 2.27. The van der Waals surface area contributed by atoms with Crippen molar-refractivity contribution in [2.24, 2.45) is 5.92 Å². The number of hydrogen-bond acceptors (Lipinski definition) is 5. The van der Waals surface area contributed by atoms with Crippen molar-refractivity contribution in [3.8, 4) is 0 Å². The van der Waals surface area contributed by atoms with E-state index in [2.05, 4.69) is 14.9 Å². The number of aromatic nitrogens is 2. The Balaban J connectivity index is 1.62. The Bertz CT molecular complexity index is 510. The molecule has 6 heteroatoms. The molecule has 0 bridgehead atoms. The van der Waals surface area contributed by atoms with E-state index in [9.17, 15) is 4.79 Å². The van der Waals surface area contributed by atoms with Crippen LogP contribution in [0.3, 0.4) is 0 Å². The minimum atomic E-state index is 0.154. The van der Waals surface area contributed by atoms with Crippen molar-refractivity contribution in [1.29, 1.82) is 0 Å². The molecular weight excluding hydrogens is 272 g/mol. The van der Waals surface area contributed by atoms with Crippen molar-refractivity contribution >= 4 is 23.5 Å². The molecule has 0 spiro atoms. The van der Waals surface area contributed by atoms with Gasteiger partial charge >= 0.3 is 0 Å². The number of likely N-dealkylation sites (tertiary alicyclic amines) is 1. The van der Waals surface area contributed by atoms with Crippen LogP contribution in [0.2, 0.25) is 0 Å². The lowest BCUT2D eigenvalue weighted by Crippen LogP contribution is -2.54. The summed E-state index contributed by atoms with van der Waals surface area (Å²) in [5.41, 5.74) is 0.980. The molecule has 2 aliphatic heterocycles. The monoisotopic (exact) mass is 292 g/mol. The van der Waals surface area contributed by atoms with E-state index < -0.39 is 0 Å². The standard InChI is InChI=1S/C14H20N4OS/c1-10-7-12(16-14(15-10)20-2)18-8-11(9-18)13(19)17-5-3-4-6-17/h7,11H,3-6,8-9H2,1-2H3. The van der Waals surface area contributed by atoms with E-state index in [1.807, 2.05) is 24.1 Å². The molecule has 0 aromatic carbocycles. The maximum Gasteiger partial charge on any atom is 0.229 e. The quantitative estimate of drug-likeness (QED) is 0.625. The van der Waals surface area contributed by atoms with Crippen molar-refractivity contribution < 1.29 is 4.79 Å². The van der Waals surface area contributed by atoms with Crippen LogP contribution >= 0.6 is 11.8 Å². The van der Waals surface area contributed by atoms with Crippen molar-refractivity contribution in [1.82, 2.24) is 14.9 Å². The molecule has 20 heavy (non-hydrogen) atoms. The summed E-state index contributed by atoms with van der Waals surface area (Å²) in [7, 11) is 0. The lowest BCUT2D eigenvalue weighted by atomic mass is 9.98. The smallest absolute Gasteiger partial charge is 0.229 e. The Morgan fingerprint density at radius 2 is 2.00 bits per heavy atom. The molecule has 3 rings (SSSR count). The number of thioether (sulfide) groups is 1. The van der Waals surface area contributed by atoms with Gasteiger partial charge in [0.05, 0.1) is 5.92 Å². The normalized spacial score (nSPS) is 19.3. The molecule has 108 valence electrons. The molecule has 3 heterocycles. The van der Waals surface area contributed by atoms with Gasteiger partial charge in [0.2, 0.25) is 5.91 Å². The second-order valence-corrected chi connectivity index (χ2v) is 6.26. The first-order chi connectivity index (χ1) is 9.67. The fourth-order valence-electron chi connectivity index (χ4n) is 2.80. The van der Waals surface area contributed by atoms with Crippen LogP contribution < -0.4 is 4.90 Å². The summed E-state index contributed by atoms with van der Waals surface area (Å²) in [6.45, 7) is 5.45. The third-order valence-corrected chi connectivity index (χ3v) is 4.52. The van der Waals surface area contributed by atoms with E-state index in [1.54, 1.807) is 11.8 Å². The van der Waals surface area contributed by atoms with Gasteiger partial charge in [-0.15, -0.1) is 0 Å². The predicted molar refractivity (Wildman–Crippen MR) is 80.1 cm³/mol. The van der Waals surface area contributed by atoms with Gasteiger partial charge in [-0.05, 0) is 26.0 Å². The highest BCUT2D eigenvalue weighted by molar-refractivity contribution is 7.98. The zero-order chi connectivity index (χ0) is 14.1. The molecule has 2 fully saturated rings. The minimum absolute atomic E-state index is 0.154. The Morgan fingerprint density at radius 1 is 1.30 bits per heavy atom. The largest absolute Gasteiger partial charge is 0.355 e. The molecule has 0 saturated carbocycles. The van der Waals surface area contributed by atoms with Crippen LogP contribution in [0.1, 0.15) is 18.5 Å². The molecule has 1 amide bonds. The number of carbonyl (C=O) groups excluding carboxylic acids is 1. The Morgan fingerprint density at radius 3 is 2.65 bits per heavy atom. The molecule has 2 aliphatic rings. The zero-order valence-corrected chi connectivity index (χ0v) is 12.8. The van der Waals surface area contributed by atoms with E-state index in [-0.39, 0.29) is 5.92 Å². The number of amides is 1. The first-order valence-corrected chi connectivity index (χ1v) is 8.33. The topological polar surface area (TPSA) is 49.3 Å². The van der Waals surface area contributed by atoms with Gasteiger partial charge in [0.25, 0.3) is 0 Å². The molecule has 0 atom stereocenters. The number of hydrogen-bond donors (Lipinski definition) is 0. The molecule has 5 nitrogen and oxygen atoms in total. The van der Waals surface area contributed by atoms with Crippen LogP contribution in [0.25, 0.3) is 0 Å². The number of aryl methyl sites for hydroxylation is 1. The molecule has 0 N–H and O–H groups in total. The van der Waals surface area contributed by atoms with Crippen LogP contribution in [0.4, 0.5) is 5.82 Å².